The summed E-state index contributed by atoms with van der Waals surface area (Å²) in [4.78, 5) is 8.59. The monoisotopic (exact) mass is 265 g/mol. The first-order valence-corrected chi connectivity index (χ1v) is 6.40. The number of hydrogen-bond acceptors (Lipinski definition) is 4. The first-order chi connectivity index (χ1) is 9.85. The summed E-state index contributed by atoms with van der Waals surface area (Å²) in [6.07, 6.45) is 1.55. The van der Waals surface area contributed by atoms with Gasteiger partial charge in [-0.2, -0.15) is 0 Å². The Labute approximate surface area is 117 Å². The number of fused-ring (bicyclic) bond motifs is 1. The van der Waals surface area contributed by atoms with Gasteiger partial charge >= 0.3 is 0 Å². The summed E-state index contributed by atoms with van der Waals surface area (Å²) in [6, 6.07) is 14.4. The van der Waals surface area contributed by atoms with Crippen molar-refractivity contribution < 1.29 is 4.74 Å². The van der Waals surface area contributed by atoms with E-state index in [-0.39, 0.29) is 0 Å². The molecule has 1 aromatic heterocycles. The van der Waals surface area contributed by atoms with Gasteiger partial charge in [0.15, 0.2) is 11.6 Å². The lowest BCUT2D eigenvalue weighted by atomic mass is 10.0. The number of rotatable bonds is 3. The molecule has 0 unspecified atom stereocenters. The topological polar surface area (TPSA) is 47.0 Å². The van der Waals surface area contributed by atoms with Gasteiger partial charge in [-0.05, 0) is 10.8 Å². The minimum atomic E-state index is 0.659. The Morgan fingerprint density at radius 3 is 2.60 bits per heavy atom. The maximum atomic E-state index is 5.48. The molecule has 20 heavy (non-hydrogen) atoms. The van der Waals surface area contributed by atoms with E-state index in [0.29, 0.717) is 11.6 Å². The van der Waals surface area contributed by atoms with Crippen LogP contribution >= 0.6 is 0 Å². The van der Waals surface area contributed by atoms with Crippen LogP contribution in [-0.2, 0) is 0 Å². The molecular weight excluding hydrogens is 250 g/mol. The van der Waals surface area contributed by atoms with Crippen LogP contribution in [0.25, 0.3) is 22.0 Å². The van der Waals surface area contributed by atoms with Crippen molar-refractivity contribution in [2.75, 3.05) is 19.5 Å². The molecule has 2 aromatic carbocycles. The van der Waals surface area contributed by atoms with Gasteiger partial charge in [0.1, 0.15) is 12.0 Å². The Hall–Kier alpha value is -2.62. The van der Waals surface area contributed by atoms with Gasteiger partial charge in [-0.1, -0.05) is 42.5 Å². The summed E-state index contributed by atoms with van der Waals surface area (Å²) in [5, 5.41) is 5.35. The molecule has 1 N–H and O–H groups in total. The lowest BCUT2D eigenvalue weighted by molar-refractivity contribution is 0.415. The van der Waals surface area contributed by atoms with Gasteiger partial charge in [0.25, 0.3) is 0 Å². The van der Waals surface area contributed by atoms with Crippen molar-refractivity contribution in [3.05, 3.63) is 48.8 Å². The third-order valence-corrected chi connectivity index (χ3v) is 3.29. The van der Waals surface area contributed by atoms with Crippen LogP contribution in [0.3, 0.4) is 0 Å². The third-order valence-electron chi connectivity index (χ3n) is 3.29. The molecule has 3 aromatic rings. The first-order valence-electron chi connectivity index (χ1n) is 6.40. The average Bonchev–Trinajstić information content (AvgIpc) is 2.53. The third kappa shape index (κ3) is 1.95. The predicted octanol–water partition coefficient (Wildman–Crippen LogP) is 3.35. The number of aromatic nitrogens is 2. The van der Waals surface area contributed by atoms with E-state index in [1.807, 2.05) is 31.3 Å². The molecule has 4 nitrogen and oxygen atoms in total. The van der Waals surface area contributed by atoms with Crippen LogP contribution in [0.15, 0.2) is 48.8 Å². The highest BCUT2D eigenvalue weighted by Gasteiger charge is 2.14. The van der Waals surface area contributed by atoms with Gasteiger partial charge in [-0.25, -0.2) is 9.97 Å². The van der Waals surface area contributed by atoms with E-state index in [0.717, 1.165) is 16.6 Å². The van der Waals surface area contributed by atoms with Crippen LogP contribution in [0.2, 0.25) is 0 Å². The van der Waals surface area contributed by atoms with E-state index in [2.05, 4.69) is 33.5 Å². The van der Waals surface area contributed by atoms with Crippen LogP contribution in [-0.4, -0.2) is 24.1 Å². The molecule has 0 spiro atoms. The largest absolute Gasteiger partial charge is 0.491 e. The summed E-state index contributed by atoms with van der Waals surface area (Å²) in [5.41, 5.74) is 1.84. The molecule has 0 radical (unpaired) electrons. The molecule has 0 aliphatic heterocycles. The fourth-order valence-electron chi connectivity index (χ4n) is 2.37. The first kappa shape index (κ1) is 12.4. The number of benzene rings is 2. The standard InChI is InChI=1S/C16H15N3O/c1-17-16-15(20-2)14(18-10-19-16)13-9-5-7-11-6-3-4-8-12(11)13/h3-10H,1-2H3,(H,17,18,19). The Morgan fingerprint density at radius 2 is 1.80 bits per heavy atom. The number of nitrogens with zero attached hydrogens (tertiary/aromatic N) is 2. The zero-order valence-corrected chi connectivity index (χ0v) is 11.4. The molecule has 0 saturated heterocycles. The van der Waals surface area contributed by atoms with Crippen molar-refractivity contribution in [1.29, 1.82) is 0 Å². The summed E-state index contributed by atoms with van der Waals surface area (Å²) >= 11 is 0. The lowest BCUT2D eigenvalue weighted by Crippen LogP contribution is -2.00. The van der Waals surface area contributed by atoms with Crippen LogP contribution < -0.4 is 10.1 Å². The van der Waals surface area contributed by atoms with Gasteiger partial charge < -0.3 is 10.1 Å². The van der Waals surface area contributed by atoms with Gasteiger partial charge in [0.2, 0.25) is 0 Å². The predicted molar refractivity (Wildman–Crippen MR) is 81.1 cm³/mol. The molecule has 0 fully saturated rings. The maximum Gasteiger partial charge on any atom is 0.187 e. The van der Waals surface area contributed by atoms with E-state index >= 15 is 0 Å². The Balaban J connectivity index is 2.31. The Kier molecular flexibility index (Phi) is 3.21. The van der Waals surface area contributed by atoms with Crippen LogP contribution in [0.1, 0.15) is 0 Å². The molecule has 0 amide bonds. The highest BCUT2D eigenvalue weighted by Crippen LogP contribution is 2.36. The second kappa shape index (κ2) is 5.17. The molecule has 0 aliphatic carbocycles. The zero-order chi connectivity index (χ0) is 13.9. The Morgan fingerprint density at radius 1 is 1.00 bits per heavy atom. The fourth-order valence-corrected chi connectivity index (χ4v) is 2.37. The van der Waals surface area contributed by atoms with Gasteiger partial charge in [0.05, 0.1) is 7.11 Å². The highest BCUT2D eigenvalue weighted by atomic mass is 16.5. The van der Waals surface area contributed by atoms with Crippen molar-refractivity contribution in [2.24, 2.45) is 0 Å². The van der Waals surface area contributed by atoms with Gasteiger partial charge in [-0.3, -0.25) is 0 Å². The average molecular weight is 265 g/mol. The summed E-state index contributed by atoms with van der Waals surface area (Å²) in [6.45, 7) is 0. The molecule has 1 heterocycles. The molecular formula is C16H15N3O. The smallest absolute Gasteiger partial charge is 0.187 e. The van der Waals surface area contributed by atoms with Crippen molar-refractivity contribution in [3.63, 3.8) is 0 Å². The molecule has 0 atom stereocenters. The van der Waals surface area contributed by atoms with Crippen molar-refractivity contribution in [3.8, 4) is 17.0 Å². The maximum absolute atomic E-state index is 5.48. The lowest BCUT2D eigenvalue weighted by Gasteiger charge is -2.12. The number of nitrogens with one attached hydrogen (secondary N) is 1. The molecule has 100 valence electrons. The van der Waals surface area contributed by atoms with Crippen LogP contribution in [0.4, 0.5) is 5.82 Å². The highest BCUT2D eigenvalue weighted by molar-refractivity contribution is 5.97. The van der Waals surface area contributed by atoms with E-state index in [9.17, 15) is 0 Å². The second-order valence-corrected chi connectivity index (χ2v) is 4.38. The summed E-state index contributed by atoms with van der Waals surface area (Å²) in [7, 11) is 3.45. The number of hydrogen-bond donors (Lipinski definition) is 1. The van der Waals surface area contributed by atoms with E-state index in [1.165, 1.54) is 5.39 Å². The van der Waals surface area contributed by atoms with Crippen molar-refractivity contribution in [1.82, 2.24) is 9.97 Å². The van der Waals surface area contributed by atoms with Crippen LogP contribution in [0, 0.1) is 0 Å². The number of methoxy groups -OCH3 is 1. The van der Waals surface area contributed by atoms with Crippen molar-refractivity contribution in [2.45, 2.75) is 0 Å². The van der Waals surface area contributed by atoms with Gasteiger partial charge in [0, 0.05) is 12.6 Å². The number of anilines is 1. The van der Waals surface area contributed by atoms with Crippen LogP contribution in [0.5, 0.6) is 5.75 Å². The molecule has 0 aliphatic rings. The minimum Gasteiger partial charge on any atom is -0.491 e. The summed E-state index contributed by atoms with van der Waals surface area (Å²) < 4.78 is 5.48. The van der Waals surface area contributed by atoms with E-state index in [1.54, 1.807) is 13.4 Å². The van der Waals surface area contributed by atoms with E-state index in [4.69, 9.17) is 4.74 Å². The fraction of sp³-hybridized carbons (Fsp3) is 0.125. The molecule has 0 saturated carbocycles. The quantitative estimate of drug-likeness (QED) is 0.789. The molecule has 4 heteroatoms. The molecule has 0 bridgehead atoms. The Bertz CT molecular complexity index is 750. The minimum absolute atomic E-state index is 0.659. The zero-order valence-electron chi connectivity index (χ0n) is 11.4. The number of ether oxygens (including phenoxy) is 1. The molecule has 3 rings (SSSR count). The summed E-state index contributed by atoms with van der Waals surface area (Å²) in [5.74, 6) is 1.34. The second-order valence-electron chi connectivity index (χ2n) is 4.38. The van der Waals surface area contributed by atoms with Gasteiger partial charge in [-0.15, -0.1) is 0 Å². The van der Waals surface area contributed by atoms with E-state index < -0.39 is 0 Å². The SMILES string of the molecule is CNc1ncnc(-c2cccc3ccccc23)c1OC. The van der Waals surface area contributed by atoms with Crippen molar-refractivity contribution >= 4 is 16.6 Å². The normalized spacial score (nSPS) is 10.5.